The van der Waals surface area contributed by atoms with Crippen molar-refractivity contribution in [2.75, 3.05) is 0 Å². The zero-order valence-electron chi connectivity index (χ0n) is 9.83. The van der Waals surface area contributed by atoms with E-state index in [1.165, 1.54) is 6.92 Å². The normalized spacial score (nSPS) is 16.1. The van der Waals surface area contributed by atoms with Gasteiger partial charge in [0.2, 0.25) is 0 Å². The molecule has 94 valence electrons. The molecule has 1 aromatic rings. The topological polar surface area (TPSA) is 24.7 Å². The molecule has 0 spiro atoms. The van der Waals surface area contributed by atoms with Gasteiger partial charge in [-0.25, -0.2) is 0 Å². The second kappa shape index (κ2) is 5.29. The van der Waals surface area contributed by atoms with E-state index in [4.69, 9.17) is 0 Å². The lowest BCUT2D eigenvalue weighted by molar-refractivity contribution is -0.146. The molecule has 0 radical (unpaired) electrons. The van der Waals surface area contributed by atoms with Crippen LogP contribution in [0.2, 0.25) is 0 Å². The lowest BCUT2D eigenvalue weighted by atomic mass is 9.96. The number of benzene rings is 1. The van der Waals surface area contributed by atoms with E-state index >= 15 is 0 Å². The highest BCUT2D eigenvalue weighted by Gasteiger charge is 2.38. The molecular weight excluding hydrogens is 229 g/mol. The van der Waals surface area contributed by atoms with Crippen LogP contribution in [0.4, 0.5) is 18.9 Å². The van der Waals surface area contributed by atoms with Crippen LogP contribution in [0.1, 0.15) is 26.7 Å². The zero-order chi connectivity index (χ0) is 12.9. The van der Waals surface area contributed by atoms with E-state index in [-0.39, 0.29) is 0 Å². The van der Waals surface area contributed by atoms with Gasteiger partial charge in [-0.15, -0.1) is 0 Å². The molecule has 1 rings (SSSR count). The van der Waals surface area contributed by atoms with Crippen LogP contribution in [0.5, 0.6) is 0 Å². The molecule has 1 aromatic carbocycles. The lowest BCUT2D eigenvalue weighted by Crippen LogP contribution is -2.28. The van der Waals surface area contributed by atoms with Gasteiger partial charge in [0.05, 0.1) is 17.6 Å². The van der Waals surface area contributed by atoms with Crippen molar-refractivity contribution < 1.29 is 13.2 Å². The highest BCUT2D eigenvalue weighted by molar-refractivity contribution is 5.34. The molecule has 0 N–H and O–H groups in total. The Hall–Kier alpha value is -1.39. The molecule has 1 atom stereocenters. The summed E-state index contributed by atoms with van der Waals surface area (Å²) in [5.41, 5.74) is -0.622. The summed E-state index contributed by atoms with van der Waals surface area (Å²) in [6, 6.07) is 8.75. The molecule has 5 heteroatoms. The fraction of sp³-hybridized carbons (Fsp3) is 0.500. The maximum Gasteiger partial charge on any atom is 0.391 e. The van der Waals surface area contributed by atoms with E-state index in [1.807, 2.05) is 6.07 Å². The smallest absolute Gasteiger partial charge is 0.182 e. The molecule has 0 aliphatic carbocycles. The Kier molecular flexibility index (Phi) is 4.26. The third kappa shape index (κ3) is 4.97. The molecule has 0 heterocycles. The molecule has 17 heavy (non-hydrogen) atoms. The van der Waals surface area contributed by atoms with Gasteiger partial charge in [0, 0.05) is 0 Å². The van der Waals surface area contributed by atoms with Crippen LogP contribution < -0.4 is 0 Å². The summed E-state index contributed by atoms with van der Waals surface area (Å²) in [6.45, 7) is 3.14. The molecule has 0 aliphatic heterocycles. The van der Waals surface area contributed by atoms with Crippen molar-refractivity contribution in [3.63, 3.8) is 0 Å². The third-order valence-electron chi connectivity index (χ3n) is 2.51. The Bertz CT molecular complexity index is 373. The van der Waals surface area contributed by atoms with Crippen molar-refractivity contribution in [2.45, 2.75) is 38.4 Å². The minimum absolute atomic E-state index is 0.294. The maximum atomic E-state index is 12.4. The van der Waals surface area contributed by atoms with Crippen molar-refractivity contribution in [3.8, 4) is 0 Å². The largest absolute Gasteiger partial charge is 0.391 e. The summed E-state index contributed by atoms with van der Waals surface area (Å²) in [5, 5.41) is 7.69. The van der Waals surface area contributed by atoms with Gasteiger partial charge in [-0.05, 0) is 25.5 Å². The van der Waals surface area contributed by atoms with E-state index in [1.54, 1.807) is 31.2 Å². The van der Waals surface area contributed by atoms with Gasteiger partial charge in [-0.1, -0.05) is 25.1 Å². The number of hydrogen-bond acceptors (Lipinski definition) is 2. The molecule has 0 bridgehead atoms. The van der Waals surface area contributed by atoms with Crippen molar-refractivity contribution in [1.29, 1.82) is 0 Å². The van der Waals surface area contributed by atoms with Crippen LogP contribution >= 0.6 is 0 Å². The van der Waals surface area contributed by atoms with Crippen molar-refractivity contribution in [1.82, 2.24) is 0 Å². The lowest BCUT2D eigenvalue weighted by Gasteiger charge is -2.23. The maximum absolute atomic E-state index is 12.4. The zero-order valence-corrected chi connectivity index (χ0v) is 9.83. The summed E-state index contributed by atoms with van der Waals surface area (Å²) in [7, 11) is 0. The van der Waals surface area contributed by atoms with Crippen LogP contribution in [-0.4, -0.2) is 11.7 Å². The third-order valence-corrected chi connectivity index (χ3v) is 2.51. The number of rotatable bonds is 4. The molecule has 0 aliphatic rings. The molecule has 1 unspecified atom stereocenters. The highest BCUT2D eigenvalue weighted by Crippen LogP contribution is 2.33. The summed E-state index contributed by atoms with van der Waals surface area (Å²) in [6.07, 6.45) is -4.88. The first-order valence-corrected chi connectivity index (χ1v) is 5.39. The summed E-state index contributed by atoms with van der Waals surface area (Å²) in [4.78, 5) is 0. The van der Waals surface area contributed by atoms with Crippen molar-refractivity contribution in [2.24, 2.45) is 10.2 Å². The van der Waals surface area contributed by atoms with E-state index in [0.717, 1.165) is 0 Å². The van der Waals surface area contributed by atoms with E-state index < -0.39 is 18.1 Å². The first kappa shape index (κ1) is 13.7. The van der Waals surface area contributed by atoms with Crippen LogP contribution in [-0.2, 0) is 0 Å². The van der Waals surface area contributed by atoms with Crippen molar-refractivity contribution in [3.05, 3.63) is 30.3 Å². The number of halogens is 3. The predicted molar refractivity (Wildman–Crippen MR) is 60.3 cm³/mol. The van der Waals surface area contributed by atoms with Gasteiger partial charge in [-0.3, -0.25) is 0 Å². The fourth-order valence-corrected chi connectivity index (χ4v) is 1.34. The van der Waals surface area contributed by atoms with Gasteiger partial charge in [-0.2, -0.15) is 23.4 Å². The highest BCUT2D eigenvalue weighted by atomic mass is 19.4. The second-order valence-corrected chi connectivity index (χ2v) is 4.18. The molecular formula is C12H15F3N2. The molecule has 0 aromatic heterocycles. The van der Waals surface area contributed by atoms with Crippen LogP contribution in [0, 0.1) is 0 Å². The van der Waals surface area contributed by atoms with Gasteiger partial charge in [0.15, 0.2) is 0 Å². The minimum atomic E-state index is -4.22. The van der Waals surface area contributed by atoms with Crippen molar-refractivity contribution >= 4 is 5.69 Å². The fourth-order valence-electron chi connectivity index (χ4n) is 1.34. The van der Waals surface area contributed by atoms with Gasteiger partial charge < -0.3 is 0 Å². The Labute approximate surface area is 98.6 Å². The Morgan fingerprint density at radius 1 is 1.12 bits per heavy atom. The minimum Gasteiger partial charge on any atom is -0.182 e. The quantitative estimate of drug-likeness (QED) is 0.673. The van der Waals surface area contributed by atoms with Gasteiger partial charge >= 0.3 is 6.18 Å². The summed E-state index contributed by atoms with van der Waals surface area (Å²) >= 11 is 0. The Morgan fingerprint density at radius 3 is 2.18 bits per heavy atom. The number of hydrogen-bond donors (Lipinski definition) is 0. The standard InChI is InChI=1S/C12H15F3N2/c1-3-11(2,9-12(13,14)15)17-16-10-7-5-4-6-8-10/h4-8H,3,9H2,1-2H3/b17-16+. The average molecular weight is 244 g/mol. The van der Waals surface area contributed by atoms with Crippen LogP contribution in [0.3, 0.4) is 0 Å². The van der Waals surface area contributed by atoms with Gasteiger partial charge in [0.25, 0.3) is 0 Å². The first-order chi connectivity index (χ1) is 7.85. The predicted octanol–water partition coefficient (Wildman–Crippen LogP) is 4.89. The SMILES string of the molecule is CCC(C)(CC(F)(F)F)/N=N/c1ccccc1. The first-order valence-electron chi connectivity index (χ1n) is 5.39. The van der Waals surface area contributed by atoms with E-state index in [2.05, 4.69) is 10.2 Å². The Morgan fingerprint density at radius 2 is 1.71 bits per heavy atom. The summed E-state index contributed by atoms with van der Waals surface area (Å²) in [5.74, 6) is 0. The molecule has 0 amide bonds. The van der Waals surface area contributed by atoms with Gasteiger partial charge in [0.1, 0.15) is 0 Å². The van der Waals surface area contributed by atoms with E-state index in [9.17, 15) is 13.2 Å². The number of azo groups is 1. The monoisotopic (exact) mass is 244 g/mol. The second-order valence-electron chi connectivity index (χ2n) is 4.18. The number of nitrogens with zero attached hydrogens (tertiary/aromatic N) is 2. The van der Waals surface area contributed by atoms with Crippen LogP contribution in [0.25, 0.3) is 0 Å². The van der Waals surface area contributed by atoms with E-state index in [0.29, 0.717) is 12.1 Å². The Balaban J connectivity index is 2.79. The molecule has 0 saturated heterocycles. The molecule has 0 saturated carbocycles. The summed E-state index contributed by atoms with van der Waals surface area (Å²) < 4.78 is 37.1. The molecule has 0 fully saturated rings. The molecule has 2 nitrogen and oxygen atoms in total. The number of alkyl halides is 3. The van der Waals surface area contributed by atoms with Crippen LogP contribution in [0.15, 0.2) is 40.6 Å². The average Bonchev–Trinajstić information content (AvgIpc) is 2.26.